The van der Waals surface area contributed by atoms with Gasteiger partial charge in [-0.3, -0.25) is 0 Å². The number of aromatic amines is 1. The van der Waals surface area contributed by atoms with Gasteiger partial charge in [0, 0.05) is 11.9 Å². The molecule has 0 aliphatic carbocycles. The van der Waals surface area contributed by atoms with E-state index < -0.39 is 0 Å². The van der Waals surface area contributed by atoms with Crippen molar-refractivity contribution in [2.75, 3.05) is 0 Å². The molecule has 0 saturated heterocycles. The van der Waals surface area contributed by atoms with Crippen LogP contribution in [-0.4, -0.2) is 4.98 Å². The standard InChI is InChI=1S/C8H11N.C2H4/c1-6(2)8-4-5-9-7(8)3;1-2/h4-5,9H,1H2,2-3H3;1-2H2. The Kier molecular flexibility index (Phi) is 4.04. The van der Waals surface area contributed by atoms with Gasteiger partial charge in [0.1, 0.15) is 0 Å². The van der Waals surface area contributed by atoms with Crippen molar-refractivity contribution in [3.05, 3.63) is 43.3 Å². The first-order valence-corrected chi connectivity index (χ1v) is 3.51. The average molecular weight is 149 g/mol. The van der Waals surface area contributed by atoms with E-state index in [1.165, 1.54) is 11.3 Å². The van der Waals surface area contributed by atoms with Crippen LogP contribution in [0.1, 0.15) is 18.2 Å². The summed E-state index contributed by atoms with van der Waals surface area (Å²) in [5.41, 5.74) is 3.55. The second kappa shape index (κ2) is 4.56. The van der Waals surface area contributed by atoms with Crippen molar-refractivity contribution in [2.45, 2.75) is 13.8 Å². The zero-order valence-electron chi connectivity index (χ0n) is 7.28. The van der Waals surface area contributed by atoms with Gasteiger partial charge in [-0.15, -0.1) is 13.2 Å². The number of aryl methyl sites for hydroxylation is 1. The zero-order valence-corrected chi connectivity index (χ0v) is 7.28. The lowest BCUT2D eigenvalue weighted by Crippen LogP contribution is -1.76. The van der Waals surface area contributed by atoms with E-state index in [9.17, 15) is 0 Å². The molecule has 0 saturated carbocycles. The molecule has 1 aromatic heterocycles. The molecule has 0 amide bonds. The Hall–Kier alpha value is -1.24. The van der Waals surface area contributed by atoms with Crippen LogP contribution in [0.25, 0.3) is 5.57 Å². The van der Waals surface area contributed by atoms with E-state index in [2.05, 4.69) is 24.7 Å². The summed E-state index contributed by atoms with van der Waals surface area (Å²) < 4.78 is 0. The molecule has 0 aliphatic rings. The predicted molar refractivity (Wildman–Crippen MR) is 51.5 cm³/mol. The number of rotatable bonds is 1. The molecule has 0 bridgehead atoms. The Balaban J connectivity index is 0.000000461. The van der Waals surface area contributed by atoms with Gasteiger partial charge in [-0.2, -0.15) is 0 Å². The van der Waals surface area contributed by atoms with Crippen molar-refractivity contribution in [1.82, 2.24) is 4.98 Å². The Morgan fingerprint density at radius 3 is 2.18 bits per heavy atom. The highest BCUT2D eigenvalue weighted by Crippen LogP contribution is 2.13. The van der Waals surface area contributed by atoms with Gasteiger partial charge in [0.25, 0.3) is 0 Å². The number of hydrogen-bond acceptors (Lipinski definition) is 0. The lowest BCUT2D eigenvalue weighted by Gasteiger charge is -1.93. The summed E-state index contributed by atoms with van der Waals surface area (Å²) in [5, 5.41) is 0. The minimum Gasteiger partial charge on any atom is -0.365 e. The summed E-state index contributed by atoms with van der Waals surface area (Å²) in [6.07, 6.45) is 1.93. The highest BCUT2D eigenvalue weighted by atomic mass is 14.7. The third kappa shape index (κ3) is 2.46. The van der Waals surface area contributed by atoms with Crippen molar-refractivity contribution in [1.29, 1.82) is 0 Å². The summed E-state index contributed by atoms with van der Waals surface area (Å²) in [6, 6.07) is 2.04. The van der Waals surface area contributed by atoms with Gasteiger partial charge in [-0.05, 0) is 31.1 Å². The van der Waals surface area contributed by atoms with Gasteiger partial charge >= 0.3 is 0 Å². The summed E-state index contributed by atoms with van der Waals surface area (Å²) in [4.78, 5) is 3.09. The summed E-state index contributed by atoms with van der Waals surface area (Å²) in [7, 11) is 0. The Labute approximate surface area is 68.5 Å². The number of hydrogen-bond donors (Lipinski definition) is 1. The Bertz CT molecular complexity index is 233. The van der Waals surface area contributed by atoms with Crippen LogP contribution in [-0.2, 0) is 0 Å². The average Bonchev–Trinajstić information content (AvgIpc) is 2.39. The lowest BCUT2D eigenvalue weighted by atomic mass is 10.1. The van der Waals surface area contributed by atoms with Crippen LogP contribution in [0, 0.1) is 6.92 Å². The predicted octanol–water partition coefficient (Wildman–Crippen LogP) is 3.16. The molecule has 1 N–H and O–H groups in total. The second-order valence-electron chi connectivity index (χ2n) is 2.30. The largest absolute Gasteiger partial charge is 0.365 e. The summed E-state index contributed by atoms with van der Waals surface area (Å²) in [5.74, 6) is 0. The van der Waals surface area contributed by atoms with Crippen molar-refractivity contribution >= 4 is 5.57 Å². The third-order valence-electron chi connectivity index (χ3n) is 1.41. The maximum absolute atomic E-state index is 3.84. The molecule has 1 heteroatoms. The molecular weight excluding hydrogens is 134 g/mol. The fourth-order valence-electron chi connectivity index (χ4n) is 0.915. The molecule has 1 rings (SSSR count). The third-order valence-corrected chi connectivity index (χ3v) is 1.41. The molecule has 0 spiro atoms. The van der Waals surface area contributed by atoms with Crippen molar-refractivity contribution in [2.24, 2.45) is 0 Å². The molecule has 1 aromatic rings. The molecule has 0 atom stereocenters. The molecule has 1 nitrogen and oxygen atoms in total. The summed E-state index contributed by atoms with van der Waals surface area (Å²) in [6.45, 7) is 13.9. The fraction of sp³-hybridized carbons (Fsp3) is 0.200. The van der Waals surface area contributed by atoms with Gasteiger partial charge < -0.3 is 4.98 Å². The first kappa shape index (κ1) is 9.76. The van der Waals surface area contributed by atoms with Gasteiger partial charge in [0.15, 0.2) is 0 Å². The first-order valence-electron chi connectivity index (χ1n) is 3.51. The van der Waals surface area contributed by atoms with E-state index in [0.29, 0.717) is 0 Å². The monoisotopic (exact) mass is 149 g/mol. The molecule has 0 fully saturated rings. The molecule has 0 aliphatic heterocycles. The Morgan fingerprint density at radius 1 is 1.45 bits per heavy atom. The van der Waals surface area contributed by atoms with E-state index in [-0.39, 0.29) is 0 Å². The molecular formula is C10H15N. The van der Waals surface area contributed by atoms with Gasteiger partial charge in [0.05, 0.1) is 0 Å². The molecule has 60 valence electrons. The van der Waals surface area contributed by atoms with Crippen LogP contribution in [0.3, 0.4) is 0 Å². The number of H-pyrrole nitrogens is 1. The first-order chi connectivity index (χ1) is 5.22. The lowest BCUT2D eigenvalue weighted by molar-refractivity contribution is 1.25. The molecule has 11 heavy (non-hydrogen) atoms. The van der Waals surface area contributed by atoms with E-state index >= 15 is 0 Å². The van der Waals surface area contributed by atoms with Crippen molar-refractivity contribution < 1.29 is 0 Å². The van der Waals surface area contributed by atoms with Crippen LogP contribution < -0.4 is 0 Å². The van der Waals surface area contributed by atoms with Gasteiger partial charge in [0.2, 0.25) is 0 Å². The van der Waals surface area contributed by atoms with Gasteiger partial charge in [-0.25, -0.2) is 0 Å². The number of aromatic nitrogens is 1. The van der Waals surface area contributed by atoms with E-state index in [1.807, 2.05) is 26.1 Å². The van der Waals surface area contributed by atoms with Crippen LogP contribution in [0.4, 0.5) is 0 Å². The van der Waals surface area contributed by atoms with E-state index in [0.717, 1.165) is 5.57 Å². The number of nitrogens with one attached hydrogen (secondary N) is 1. The zero-order chi connectivity index (χ0) is 8.85. The normalized spacial score (nSPS) is 8.18. The van der Waals surface area contributed by atoms with Crippen LogP contribution in [0.5, 0.6) is 0 Å². The quantitative estimate of drug-likeness (QED) is 0.590. The van der Waals surface area contributed by atoms with Crippen LogP contribution in [0.2, 0.25) is 0 Å². The van der Waals surface area contributed by atoms with E-state index in [4.69, 9.17) is 0 Å². The maximum Gasteiger partial charge on any atom is 0.0191 e. The fourth-order valence-corrected chi connectivity index (χ4v) is 0.915. The summed E-state index contributed by atoms with van der Waals surface area (Å²) >= 11 is 0. The van der Waals surface area contributed by atoms with Gasteiger partial charge in [-0.1, -0.05) is 6.58 Å². The van der Waals surface area contributed by atoms with Crippen LogP contribution in [0.15, 0.2) is 32.0 Å². The highest BCUT2D eigenvalue weighted by Gasteiger charge is 1.96. The Morgan fingerprint density at radius 2 is 2.00 bits per heavy atom. The second-order valence-corrected chi connectivity index (χ2v) is 2.30. The smallest absolute Gasteiger partial charge is 0.0191 e. The molecule has 0 aromatic carbocycles. The van der Waals surface area contributed by atoms with Crippen LogP contribution >= 0.6 is 0 Å². The molecule has 0 unspecified atom stereocenters. The van der Waals surface area contributed by atoms with E-state index in [1.54, 1.807) is 0 Å². The molecule has 0 radical (unpaired) electrons. The maximum atomic E-state index is 3.84. The highest BCUT2D eigenvalue weighted by molar-refractivity contribution is 5.63. The minimum atomic E-state index is 1.12. The molecule has 1 heterocycles. The SMILES string of the molecule is C=C.C=C(C)c1cc[nH]c1C. The minimum absolute atomic E-state index is 1.12. The van der Waals surface area contributed by atoms with Crippen molar-refractivity contribution in [3.63, 3.8) is 0 Å². The van der Waals surface area contributed by atoms with Crippen molar-refractivity contribution in [3.8, 4) is 0 Å². The number of allylic oxidation sites excluding steroid dienone is 1. The topological polar surface area (TPSA) is 15.8 Å².